The van der Waals surface area contributed by atoms with E-state index in [-0.39, 0.29) is 25.1 Å². The third kappa shape index (κ3) is 10.3. The Balaban J connectivity index is 0.000000217. The lowest BCUT2D eigenvalue weighted by Crippen LogP contribution is -2.39. The summed E-state index contributed by atoms with van der Waals surface area (Å²) in [6, 6.07) is 5.94. The summed E-state index contributed by atoms with van der Waals surface area (Å²) in [5.41, 5.74) is 3.99. The average Bonchev–Trinajstić information content (AvgIpc) is 3.72. The van der Waals surface area contributed by atoms with Crippen LogP contribution < -0.4 is 0 Å². The summed E-state index contributed by atoms with van der Waals surface area (Å²) in [4.78, 5) is 44.5. The number of esters is 1. The Hall–Kier alpha value is -3.87. The summed E-state index contributed by atoms with van der Waals surface area (Å²) in [7, 11) is -0.946. The summed E-state index contributed by atoms with van der Waals surface area (Å²) in [5, 5.41) is 14.1. The van der Waals surface area contributed by atoms with E-state index in [1.165, 1.54) is 18.4 Å². The molecule has 15 heteroatoms. The smallest absolute Gasteiger partial charge is 0.357 e. The first-order valence-corrected chi connectivity index (χ1v) is 23.4. The molecule has 48 heavy (non-hydrogen) atoms. The van der Waals surface area contributed by atoms with Gasteiger partial charge < -0.3 is 24.2 Å². The van der Waals surface area contributed by atoms with Crippen molar-refractivity contribution in [3.8, 4) is 0 Å². The second kappa shape index (κ2) is 16.5. The number of carbonyl (C=O) groups excluding carboxylic acids is 2. The maximum Gasteiger partial charge on any atom is 0.357 e. The number of hydrogen-bond donors (Lipinski definition) is 3. The number of ether oxygens (including phenoxy) is 3. The fourth-order valence-electron chi connectivity index (χ4n) is 4.84. The first-order valence-electron chi connectivity index (χ1n) is 16.0. The Labute approximate surface area is 283 Å². The van der Waals surface area contributed by atoms with Crippen LogP contribution in [0, 0.1) is 0 Å². The summed E-state index contributed by atoms with van der Waals surface area (Å²) < 4.78 is 15.8. The molecular weight excluding hydrogens is 649 g/mol. The standard InChI is InChI=1S/C17H25N3O4Si.C16H23N3O3Si/c1-23-17(21)16-14(13-5-7-18-15(13)11-19-16)6-8-20(22)12-24-9-10-25(2,3)4;1-23(2,3)9-8-21-11-22-19-7-5-13-12-4-6-17-14(12)10-18-15(13)16(19)20/h5-8,11,18,22H,9-10,12H2,1-4H3;4,6,10,17H,5,7-9,11H2,1-3H3/b8-6+;. The molecule has 0 bridgehead atoms. The molecule has 0 saturated carbocycles. The van der Waals surface area contributed by atoms with Crippen molar-refractivity contribution in [3.63, 3.8) is 0 Å². The predicted octanol–water partition coefficient (Wildman–Crippen LogP) is 6.13. The molecule has 260 valence electrons. The van der Waals surface area contributed by atoms with Gasteiger partial charge in [0.1, 0.15) is 12.4 Å². The number of carbonyl (C=O) groups is 2. The van der Waals surface area contributed by atoms with Gasteiger partial charge in [0.05, 0.1) is 37.1 Å². The van der Waals surface area contributed by atoms with E-state index in [0.29, 0.717) is 31.0 Å². The van der Waals surface area contributed by atoms with Crippen molar-refractivity contribution in [2.24, 2.45) is 0 Å². The number of amides is 1. The number of fused-ring (bicyclic) bond motifs is 4. The highest BCUT2D eigenvalue weighted by Gasteiger charge is 2.28. The Morgan fingerprint density at radius 2 is 1.60 bits per heavy atom. The van der Waals surface area contributed by atoms with Gasteiger partial charge in [-0.1, -0.05) is 39.3 Å². The zero-order chi connectivity index (χ0) is 34.9. The second-order valence-electron chi connectivity index (χ2n) is 13.9. The van der Waals surface area contributed by atoms with E-state index in [1.807, 2.05) is 18.3 Å². The Morgan fingerprint density at radius 1 is 0.979 bits per heavy atom. The number of methoxy groups -OCH3 is 1. The molecule has 0 spiro atoms. The van der Waals surface area contributed by atoms with Crippen LogP contribution in [0.3, 0.4) is 0 Å². The Morgan fingerprint density at radius 3 is 2.27 bits per heavy atom. The molecule has 1 aliphatic rings. The van der Waals surface area contributed by atoms with Gasteiger partial charge in [0, 0.05) is 64.3 Å². The number of pyridine rings is 2. The molecule has 4 aromatic heterocycles. The van der Waals surface area contributed by atoms with Crippen LogP contribution in [0.1, 0.15) is 32.1 Å². The number of aromatic nitrogens is 4. The lowest BCUT2D eigenvalue weighted by Gasteiger charge is -2.27. The number of rotatable bonds is 14. The van der Waals surface area contributed by atoms with Crippen LogP contribution in [-0.4, -0.2) is 104 Å². The largest absolute Gasteiger partial charge is 0.464 e. The number of nitrogens with zero attached hydrogens (tertiary/aromatic N) is 4. The van der Waals surface area contributed by atoms with Gasteiger partial charge in [-0.2, -0.15) is 0 Å². The highest BCUT2D eigenvalue weighted by atomic mass is 28.3. The zero-order valence-electron chi connectivity index (χ0n) is 29.0. The SMILES string of the molecule is COC(=O)c1ncc2[nH]ccc2c1/C=C/N(O)COCC[Si](C)(C)C.C[Si](C)(C)CCOCON1CCc2c(ncc3[nH]ccc23)C1=O. The third-order valence-electron chi connectivity index (χ3n) is 7.65. The van der Waals surface area contributed by atoms with Crippen molar-refractivity contribution in [2.75, 3.05) is 40.4 Å². The van der Waals surface area contributed by atoms with E-state index in [2.05, 4.69) is 59.2 Å². The Bertz CT molecular complexity index is 1710. The molecule has 0 aromatic carbocycles. The predicted molar refractivity (Wildman–Crippen MR) is 190 cm³/mol. The molecular formula is C33H48N6O7Si2. The first kappa shape index (κ1) is 37.0. The van der Waals surface area contributed by atoms with Crippen molar-refractivity contribution in [1.29, 1.82) is 0 Å². The van der Waals surface area contributed by atoms with Crippen LogP contribution in [0.4, 0.5) is 0 Å². The van der Waals surface area contributed by atoms with E-state index in [1.54, 1.807) is 24.7 Å². The van der Waals surface area contributed by atoms with Gasteiger partial charge in [-0.15, -0.1) is 0 Å². The topological polar surface area (TPSA) is 155 Å². The number of H-pyrrole nitrogens is 2. The summed E-state index contributed by atoms with van der Waals surface area (Å²) in [6.07, 6.45) is 10.7. The molecule has 0 atom stereocenters. The van der Waals surface area contributed by atoms with E-state index >= 15 is 0 Å². The van der Waals surface area contributed by atoms with Crippen molar-refractivity contribution < 1.29 is 33.8 Å². The minimum Gasteiger partial charge on any atom is -0.464 e. The lowest BCUT2D eigenvalue weighted by molar-refractivity contribution is -0.195. The van der Waals surface area contributed by atoms with Gasteiger partial charge in [0.15, 0.2) is 12.5 Å². The van der Waals surface area contributed by atoms with Gasteiger partial charge in [0.2, 0.25) is 0 Å². The molecule has 3 N–H and O–H groups in total. The van der Waals surface area contributed by atoms with Crippen molar-refractivity contribution in [3.05, 3.63) is 65.6 Å². The molecule has 0 aliphatic carbocycles. The molecule has 4 aromatic rings. The molecule has 1 amide bonds. The number of aromatic amines is 2. The Kier molecular flexibility index (Phi) is 12.7. The van der Waals surface area contributed by atoms with E-state index in [9.17, 15) is 14.8 Å². The van der Waals surface area contributed by atoms with Crippen LogP contribution in [0.5, 0.6) is 0 Å². The molecule has 5 rings (SSSR count). The van der Waals surface area contributed by atoms with Crippen LogP contribution >= 0.6 is 0 Å². The molecule has 13 nitrogen and oxygen atoms in total. The van der Waals surface area contributed by atoms with Gasteiger partial charge in [-0.25, -0.2) is 29.7 Å². The summed E-state index contributed by atoms with van der Waals surface area (Å²) in [5.74, 6) is -0.721. The van der Waals surface area contributed by atoms with Gasteiger partial charge in [0.25, 0.3) is 5.91 Å². The summed E-state index contributed by atoms with van der Waals surface area (Å²) in [6.45, 7) is 15.7. The maximum atomic E-state index is 12.5. The number of nitrogens with one attached hydrogen (secondary N) is 2. The maximum absolute atomic E-state index is 12.5. The fraction of sp³-hybridized carbons (Fsp3) is 0.455. The zero-order valence-corrected chi connectivity index (χ0v) is 31.0. The van der Waals surface area contributed by atoms with Crippen molar-refractivity contribution >= 4 is 55.9 Å². The molecule has 0 fully saturated rings. The van der Waals surface area contributed by atoms with E-state index in [0.717, 1.165) is 50.9 Å². The van der Waals surface area contributed by atoms with Gasteiger partial charge in [-0.3, -0.25) is 10.0 Å². The van der Waals surface area contributed by atoms with Gasteiger partial charge in [-0.05, 0) is 42.3 Å². The minimum atomic E-state index is -1.15. The third-order valence-corrected chi connectivity index (χ3v) is 11.1. The first-order chi connectivity index (χ1) is 22.8. The van der Waals surface area contributed by atoms with Gasteiger partial charge >= 0.3 is 5.97 Å². The molecule has 5 heterocycles. The minimum absolute atomic E-state index is 0.0606. The fourth-order valence-corrected chi connectivity index (χ4v) is 6.35. The second-order valence-corrected chi connectivity index (χ2v) is 25.2. The summed E-state index contributed by atoms with van der Waals surface area (Å²) >= 11 is 0. The number of hydroxylamine groups is 4. The normalized spacial score (nSPS) is 13.6. The highest BCUT2D eigenvalue weighted by molar-refractivity contribution is 6.76. The lowest BCUT2D eigenvalue weighted by atomic mass is 10.0. The van der Waals surface area contributed by atoms with Crippen LogP contribution in [0.15, 0.2) is 43.1 Å². The monoisotopic (exact) mass is 696 g/mol. The van der Waals surface area contributed by atoms with E-state index < -0.39 is 22.1 Å². The van der Waals surface area contributed by atoms with E-state index in [4.69, 9.17) is 19.0 Å². The molecule has 0 unspecified atom stereocenters. The number of hydrogen-bond acceptors (Lipinski definition) is 10. The van der Waals surface area contributed by atoms with Crippen LogP contribution in [-0.2, 0) is 25.5 Å². The average molecular weight is 697 g/mol. The van der Waals surface area contributed by atoms with Crippen LogP contribution in [0.25, 0.3) is 27.9 Å². The molecule has 0 saturated heterocycles. The molecule has 1 aliphatic heterocycles. The van der Waals surface area contributed by atoms with Crippen LogP contribution in [0.2, 0.25) is 51.4 Å². The molecule has 0 radical (unpaired) electrons. The quantitative estimate of drug-likeness (QED) is 0.0461. The van der Waals surface area contributed by atoms with Crippen molar-refractivity contribution in [1.82, 2.24) is 30.1 Å². The highest BCUT2D eigenvalue weighted by Crippen LogP contribution is 2.25. The van der Waals surface area contributed by atoms with Crippen molar-refractivity contribution in [2.45, 2.75) is 57.8 Å².